The molecule has 1 fully saturated rings. The fourth-order valence-electron chi connectivity index (χ4n) is 4.52. The molecular weight excluding hydrogens is 513 g/mol. The second-order valence-electron chi connectivity index (χ2n) is 9.15. The Labute approximate surface area is 230 Å². The number of hydrogen-bond donors (Lipinski definition) is 3. The minimum Gasteiger partial charge on any atom is -0.457 e. The molecule has 12 heteroatoms. The third kappa shape index (κ3) is 5.37. The van der Waals surface area contributed by atoms with Crippen molar-refractivity contribution in [2.45, 2.75) is 6.92 Å². The molecule has 0 atom stereocenters. The highest BCUT2D eigenvalue weighted by Gasteiger charge is 2.24. The summed E-state index contributed by atoms with van der Waals surface area (Å²) < 4.78 is 21.1. The van der Waals surface area contributed by atoms with Crippen LogP contribution in [0.25, 0.3) is 11.0 Å². The van der Waals surface area contributed by atoms with Crippen LogP contribution in [0.1, 0.15) is 5.56 Å². The van der Waals surface area contributed by atoms with Gasteiger partial charge in [-0.15, -0.1) is 0 Å². The van der Waals surface area contributed by atoms with Crippen LogP contribution in [-0.2, 0) is 4.79 Å². The van der Waals surface area contributed by atoms with E-state index in [4.69, 9.17) is 10.3 Å². The zero-order valence-electron chi connectivity index (χ0n) is 22.1. The number of carbonyl (C=O) groups excluding carboxylic acids is 1. The Balaban J connectivity index is 1.37. The molecule has 3 heterocycles. The van der Waals surface area contributed by atoms with Crippen LogP contribution in [0.3, 0.4) is 0 Å². The molecule has 0 bridgehead atoms. The summed E-state index contributed by atoms with van der Waals surface area (Å²) in [5.74, 6) is 1.20. The molecule has 0 aliphatic carbocycles. The Bertz CT molecular complexity index is 1600. The van der Waals surface area contributed by atoms with Gasteiger partial charge in [-0.25, -0.2) is 24.9 Å². The van der Waals surface area contributed by atoms with E-state index in [1.54, 1.807) is 30.1 Å². The molecular formula is C28H28FN9O2. The van der Waals surface area contributed by atoms with Gasteiger partial charge in [-0.05, 0) is 48.9 Å². The SMILES string of the molecule is C=CC(=O)N1CCN(c2nc3c(Nc4ccc(Oc5ccc(NC)c(N=N)c5)c(C)c4)ncnc3cc2F)CC1. The summed E-state index contributed by atoms with van der Waals surface area (Å²) in [5.41, 5.74) is 11.0. The van der Waals surface area contributed by atoms with Crippen molar-refractivity contribution in [3.63, 3.8) is 0 Å². The number of piperazine rings is 1. The molecule has 3 N–H and O–H groups in total. The van der Waals surface area contributed by atoms with E-state index in [0.717, 1.165) is 16.9 Å². The largest absolute Gasteiger partial charge is 0.457 e. The van der Waals surface area contributed by atoms with Crippen LogP contribution in [0, 0.1) is 18.3 Å². The van der Waals surface area contributed by atoms with Crippen molar-refractivity contribution in [3.05, 3.63) is 72.8 Å². The number of anilines is 4. The summed E-state index contributed by atoms with van der Waals surface area (Å²) in [5, 5.41) is 9.80. The zero-order valence-corrected chi connectivity index (χ0v) is 22.1. The minimum absolute atomic E-state index is 0.141. The normalized spacial score (nSPS) is 13.2. The minimum atomic E-state index is -0.484. The van der Waals surface area contributed by atoms with Crippen LogP contribution in [0.4, 0.5) is 33.1 Å². The smallest absolute Gasteiger partial charge is 0.246 e. The maximum Gasteiger partial charge on any atom is 0.246 e. The van der Waals surface area contributed by atoms with Crippen LogP contribution in [0.15, 0.2) is 66.6 Å². The number of rotatable bonds is 8. The number of ether oxygens (including phenoxy) is 1. The zero-order chi connectivity index (χ0) is 28.2. The van der Waals surface area contributed by atoms with Gasteiger partial charge in [0.25, 0.3) is 0 Å². The monoisotopic (exact) mass is 541 g/mol. The number of amides is 1. The van der Waals surface area contributed by atoms with E-state index < -0.39 is 5.82 Å². The van der Waals surface area contributed by atoms with Crippen molar-refractivity contribution in [3.8, 4) is 11.5 Å². The molecule has 11 nitrogen and oxygen atoms in total. The molecule has 0 radical (unpaired) electrons. The van der Waals surface area contributed by atoms with E-state index in [0.29, 0.717) is 60.2 Å². The van der Waals surface area contributed by atoms with E-state index in [9.17, 15) is 4.79 Å². The highest BCUT2D eigenvalue weighted by Crippen LogP contribution is 2.34. The van der Waals surface area contributed by atoms with Gasteiger partial charge in [-0.1, -0.05) is 6.58 Å². The lowest BCUT2D eigenvalue weighted by Crippen LogP contribution is -2.48. The quantitative estimate of drug-likeness (QED) is 0.196. The third-order valence-corrected chi connectivity index (χ3v) is 6.64. The molecule has 1 saturated heterocycles. The third-order valence-electron chi connectivity index (χ3n) is 6.64. The average molecular weight is 542 g/mol. The highest BCUT2D eigenvalue weighted by atomic mass is 19.1. The Kier molecular flexibility index (Phi) is 7.49. The molecule has 2 aromatic carbocycles. The second-order valence-corrected chi connectivity index (χ2v) is 9.15. The van der Waals surface area contributed by atoms with Crippen LogP contribution in [-0.4, -0.2) is 59.0 Å². The average Bonchev–Trinajstić information content (AvgIpc) is 2.98. The number of fused-ring (bicyclic) bond motifs is 1. The Morgan fingerprint density at radius 2 is 1.95 bits per heavy atom. The maximum absolute atomic E-state index is 15.0. The van der Waals surface area contributed by atoms with Crippen LogP contribution < -0.4 is 20.3 Å². The molecule has 0 spiro atoms. The summed E-state index contributed by atoms with van der Waals surface area (Å²) in [6, 6.07) is 12.2. The molecule has 204 valence electrons. The number of pyridine rings is 1. The van der Waals surface area contributed by atoms with Crippen molar-refractivity contribution < 1.29 is 13.9 Å². The van der Waals surface area contributed by atoms with Gasteiger partial charge in [0.15, 0.2) is 17.5 Å². The molecule has 1 aliphatic heterocycles. The molecule has 1 aliphatic rings. The number of aromatic nitrogens is 3. The molecule has 0 unspecified atom stereocenters. The van der Waals surface area contributed by atoms with E-state index in [1.807, 2.05) is 30.0 Å². The van der Waals surface area contributed by atoms with Crippen molar-refractivity contribution in [1.29, 1.82) is 5.53 Å². The maximum atomic E-state index is 15.0. The molecule has 2 aromatic heterocycles. The Morgan fingerprint density at radius 1 is 1.15 bits per heavy atom. The van der Waals surface area contributed by atoms with Gasteiger partial charge >= 0.3 is 0 Å². The lowest BCUT2D eigenvalue weighted by molar-refractivity contribution is -0.126. The van der Waals surface area contributed by atoms with Gasteiger partial charge in [-0.3, -0.25) is 4.79 Å². The van der Waals surface area contributed by atoms with Gasteiger partial charge in [-0.2, -0.15) is 5.11 Å². The van der Waals surface area contributed by atoms with Crippen molar-refractivity contribution in [2.24, 2.45) is 5.11 Å². The summed E-state index contributed by atoms with van der Waals surface area (Å²) in [4.78, 5) is 28.6. The van der Waals surface area contributed by atoms with Crippen LogP contribution in [0.2, 0.25) is 0 Å². The first-order valence-corrected chi connectivity index (χ1v) is 12.6. The standard InChI is InChI=1S/C28H28FN9O2/c1-4-25(39)37-9-11-38(12-10-37)28-20(29)15-23-26(35-28)27(33-16-32-23)34-18-5-8-24(17(2)13-18)40-19-6-7-21(31-3)22(14-19)36-30/h4-8,13-16,30-31H,1,9-12H2,2-3H3,(H,32,33,34). The second kappa shape index (κ2) is 11.3. The fraction of sp³-hybridized carbons (Fsp3) is 0.214. The molecule has 4 aromatic rings. The molecule has 5 rings (SSSR count). The lowest BCUT2D eigenvalue weighted by atomic mass is 10.2. The van der Waals surface area contributed by atoms with E-state index in [-0.39, 0.29) is 11.7 Å². The number of nitrogens with one attached hydrogen (secondary N) is 3. The number of benzene rings is 2. The van der Waals surface area contributed by atoms with Gasteiger partial charge in [0.2, 0.25) is 5.91 Å². The Morgan fingerprint density at radius 3 is 2.65 bits per heavy atom. The van der Waals surface area contributed by atoms with E-state index in [2.05, 4.69) is 37.3 Å². The fourth-order valence-corrected chi connectivity index (χ4v) is 4.52. The van der Waals surface area contributed by atoms with Gasteiger partial charge in [0.1, 0.15) is 29.0 Å². The first-order valence-electron chi connectivity index (χ1n) is 12.6. The topological polar surface area (TPSA) is 132 Å². The lowest BCUT2D eigenvalue weighted by Gasteiger charge is -2.35. The van der Waals surface area contributed by atoms with Crippen molar-refractivity contribution >= 4 is 45.6 Å². The van der Waals surface area contributed by atoms with Crippen molar-refractivity contribution in [2.75, 3.05) is 48.8 Å². The summed E-state index contributed by atoms with van der Waals surface area (Å²) >= 11 is 0. The van der Waals surface area contributed by atoms with E-state index in [1.165, 1.54) is 18.5 Å². The predicted octanol–water partition coefficient (Wildman–Crippen LogP) is 5.55. The summed E-state index contributed by atoms with van der Waals surface area (Å²) in [6.07, 6.45) is 2.65. The number of nitrogens with zero attached hydrogens (tertiary/aromatic N) is 6. The molecule has 40 heavy (non-hydrogen) atoms. The Hall–Kier alpha value is -5.13. The number of aryl methyl sites for hydroxylation is 1. The van der Waals surface area contributed by atoms with Gasteiger partial charge in [0.05, 0.1) is 11.2 Å². The number of carbonyl (C=O) groups is 1. The predicted molar refractivity (Wildman–Crippen MR) is 152 cm³/mol. The summed E-state index contributed by atoms with van der Waals surface area (Å²) in [7, 11) is 1.77. The first-order chi connectivity index (χ1) is 19.4. The van der Waals surface area contributed by atoms with Crippen LogP contribution >= 0.6 is 0 Å². The number of hydrogen-bond acceptors (Lipinski definition) is 10. The number of halogens is 1. The first kappa shape index (κ1) is 26.5. The summed E-state index contributed by atoms with van der Waals surface area (Å²) in [6.45, 7) is 7.24. The van der Waals surface area contributed by atoms with E-state index >= 15 is 4.39 Å². The van der Waals surface area contributed by atoms with Crippen LogP contribution in [0.5, 0.6) is 11.5 Å². The molecule has 1 amide bonds. The highest BCUT2D eigenvalue weighted by molar-refractivity contribution is 5.89. The molecule has 0 saturated carbocycles. The van der Waals surface area contributed by atoms with Gasteiger partial charge < -0.3 is 25.2 Å². The van der Waals surface area contributed by atoms with Crippen molar-refractivity contribution in [1.82, 2.24) is 19.9 Å². The van der Waals surface area contributed by atoms with Gasteiger partial charge in [0, 0.05) is 51.0 Å².